The molecule has 120 valence electrons. The van der Waals surface area contributed by atoms with Gasteiger partial charge in [-0.2, -0.15) is 31.9 Å². The Hall–Kier alpha value is -1.98. The Morgan fingerprint density at radius 1 is 1.10 bits per heavy atom. The Balaban J connectivity index is 2.88. The second kappa shape index (κ2) is 6.20. The van der Waals surface area contributed by atoms with Gasteiger partial charge in [0, 0.05) is 0 Å². The number of halogens is 5. The summed E-state index contributed by atoms with van der Waals surface area (Å²) < 4.78 is 70.7. The lowest BCUT2D eigenvalue weighted by Crippen LogP contribution is -2.42. The number of ether oxygens (including phenoxy) is 2. The highest BCUT2D eigenvalue weighted by molar-refractivity contribution is 5.25. The maximum Gasteiger partial charge on any atom is 0.456 e. The van der Waals surface area contributed by atoms with Gasteiger partial charge in [0.15, 0.2) is 6.61 Å². The summed E-state index contributed by atoms with van der Waals surface area (Å²) >= 11 is 0. The molecule has 0 radical (unpaired) electrons. The number of anilines is 1. The quantitative estimate of drug-likeness (QED) is 0.466. The molecule has 0 aromatic carbocycles. The summed E-state index contributed by atoms with van der Waals surface area (Å²) in [6.45, 7) is 1.26. The second-order valence-electron chi connectivity index (χ2n) is 4.03. The Morgan fingerprint density at radius 3 is 2.14 bits per heavy atom. The van der Waals surface area contributed by atoms with Crippen molar-refractivity contribution in [2.24, 2.45) is 5.84 Å². The van der Waals surface area contributed by atoms with E-state index in [4.69, 9.17) is 10.6 Å². The molecule has 1 aromatic heterocycles. The van der Waals surface area contributed by atoms with Crippen molar-refractivity contribution in [1.82, 2.24) is 15.0 Å². The molecule has 0 aliphatic carbocycles. The van der Waals surface area contributed by atoms with E-state index in [0.717, 1.165) is 0 Å². The number of hydrogen-bond donors (Lipinski definition) is 2. The Bertz CT molecular complexity index is 482. The monoisotopic (exact) mass is 317 g/mol. The average Bonchev–Trinajstić information content (AvgIpc) is 2.34. The third-order valence-electron chi connectivity index (χ3n) is 1.86. The predicted molar refractivity (Wildman–Crippen MR) is 59.9 cm³/mol. The number of nitrogens with two attached hydrogens (primary N) is 1. The SMILES string of the molecule is CC(C)Oc1nc(NN)nc(OCC(F)(F)C(F)(F)F)n1. The molecular formula is C9H12F5N5O2. The van der Waals surface area contributed by atoms with Crippen LogP contribution in [0.25, 0.3) is 0 Å². The first-order chi connectivity index (χ1) is 9.55. The van der Waals surface area contributed by atoms with Crippen LogP contribution >= 0.6 is 0 Å². The minimum absolute atomic E-state index is 0.314. The van der Waals surface area contributed by atoms with Gasteiger partial charge in [-0.3, -0.25) is 5.43 Å². The van der Waals surface area contributed by atoms with E-state index in [1.54, 1.807) is 13.8 Å². The van der Waals surface area contributed by atoms with Crippen LogP contribution in [0.5, 0.6) is 12.0 Å². The number of hydrazine groups is 1. The zero-order valence-electron chi connectivity index (χ0n) is 10.9. The number of alkyl halides is 5. The lowest BCUT2D eigenvalue weighted by atomic mass is 10.3. The number of nitrogens with one attached hydrogen (secondary N) is 1. The molecule has 0 amide bonds. The third-order valence-corrected chi connectivity index (χ3v) is 1.86. The summed E-state index contributed by atoms with van der Waals surface area (Å²) in [5.74, 6) is -0.333. The van der Waals surface area contributed by atoms with Crippen molar-refractivity contribution in [3.05, 3.63) is 0 Å². The van der Waals surface area contributed by atoms with Crippen LogP contribution < -0.4 is 20.7 Å². The molecule has 7 nitrogen and oxygen atoms in total. The molecule has 21 heavy (non-hydrogen) atoms. The van der Waals surface area contributed by atoms with Crippen LogP contribution in [0.1, 0.15) is 13.8 Å². The number of nitrogen functional groups attached to an aromatic ring is 1. The van der Waals surface area contributed by atoms with Gasteiger partial charge in [0.1, 0.15) is 0 Å². The van der Waals surface area contributed by atoms with Gasteiger partial charge in [0.05, 0.1) is 6.10 Å². The molecule has 1 heterocycles. The maximum atomic E-state index is 12.7. The van der Waals surface area contributed by atoms with Gasteiger partial charge in [-0.1, -0.05) is 0 Å². The number of nitrogens with zero attached hydrogens (tertiary/aromatic N) is 3. The minimum atomic E-state index is -5.74. The second-order valence-corrected chi connectivity index (χ2v) is 4.03. The highest BCUT2D eigenvalue weighted by Gasteiger charge is 2.58. The van der Waals surface area contributed by atoms with Crippen molar-refractivity contribution < 1.29 is 31.4 Å². The first-order valence-electron chi connectivity index (χ1n) is 5.52. The van der Waals surface area contributed by atoms with Crippen LogP contribution in [0.15, 0.2) is 0 Å². The summed E-state index contributed by atoms with van der Waals surface area (Å²) in [5, 5.41) is 0. The van der Waals surface area contributed by atoms with Crippen LogP contribution in [0, 0.1) is 0 Å². The molecule has 0 atom stereocenters. The van der Waals surface area contributed by atoms with Crippen molar-refractivity contribution in [1.29, 1.82) is 0 Å². The van der Waals surface area contributed by atoms with Gasteiger partial charge in [-0.15, -0.1) is 4.98 Å². The molecule has 0 aliphatic rings. The van der Waals surface area contributed by atoms with Gasteiger partial charge in [0.2, 0.25) is 5.95 Å². The molecule has 0 bridgehead atoms. The van der Waals surface area contributed by atoms with E-state index in [-0.39, 0.29) is 18.1 Å². The molecule has 12 heteroatoms. The molecule has 3 N–H and O–H groups in total. The first-order valence-corrected chi connectivity index (χ1v) is 5.52. The fraction of sp³-hybridized carbons (Fsp3) is 0.667. The Morgan fingerprint density at radius 2 is 1.67 bits per heavy atom. The summed E-state index contributed by atoms with van der Waals surface area (Å²) in [7, 11) is 0. The van der Waals surface area contributed by atoms with E-state index in [1.807, 2.05) is 5.43 Å². The standard InChI is InChI=1S/C9H12F5N5O2/c1-4(2)21-7-17-5(19-15)16-6(18-7)20-3-8(10,11)9(12,13)14/h4H,3,15H2,1-2H3,(H,16,17,18,19). The Labute approximate surface area is 115 Å². The van der Waals surface area contributed by atoms with Gasteiger partial charge in [-0.05, 0) is 13.8 Å². The topological polar surface area (TPSA) is 95.2 Å². The Kier molecular flexibility index (Phi) is 5.04. The predicted octanol–water partition coefficient (Wildman–Crippen LogP) is 1.52. The van der Waals surface area contributed by atoms with Crippen LogP contribution in [0.4, 0.5) is 27.9 Å². The molecule has 0 unspecified atom stereocenters. The minimum Gasteiger partial charge on any atom is -0.461 e. The van der Waals surface area contributed by atoms with E-state index < -0.39 is 24.7 Å². The van der Waals surface area contributed by atoms with Crippen molar-refractivity contribution >= 4 is 5.95 Å². The third kappa shape index (κ3) is 4.81. The number of aromatic nitrogens is 3. The van der Waals surface area contributed by atoms with Gasteiger partial charge in [0.25, 0.3) is 0 Å². The highest BCUT2D eigenvalue weighted by atomic mass is 19.4. The molecule has 0 spiro atoms. The van der Waals surface area contributed by atoms with Crippen LogP contribution in [-0.2, 0) is 0 Å². The van der Waals surface area contributed by atoms with E-state index in [9.17, 15) is 22.0 Å². The number of hydrogen-bond acceptors (Lipinski definition) is 7. The highest BCUT2D eigenvalue weighted by Crippen LogP contribution is 2.35. The molecule has 0 saturated heterocycles. The summed E-state index contributed by atoms with van der Waals surface area (Å²) in [4.78, 5) is 10.4. The van der Waals surface area contributed by atoms with Crippen molar-refractivity contribution in [3.8, 4) is 12.0 Å². The zero-order chi connectivity index (χ0) is 16.3. The van der Waals surface area contributed by atoms with Gasteiger partial charge >= 0.3 is 24.1 Å². The average molecular weight is 317 g/mol. The van der Waals surface area contributed by atoms with E-state index in [1.165, 1.54) is 0 Å². The van der Waals surface area contributed by atoms with Gasteiger partial charge in [-0.25, -0.2) is 5.84 Å². The lowest BCUT2D eigenvalue weighted by molar-refractivity contribution is -0.290. The normalized spacial score (nSPS) is 12.4. The van der Waals surface area contributed by atoms with Crippen molar-refractivity contribution in [2.45, 2.75) is 32.1 Å². The number of rotatable bonds is 6. The molecule has 0 saturated carbocycles. The van der Waals surface area contributed by atoms with Gasteiger partial charge < -0.3 is 9.47 Å². The van der Waals surface area contributed by atoms with Crippen molar-refractivity contribution in [2.75, 3.05) is 12.0 Å². The molecule has 0 aliphatic heterocycles. The molecule has 1 rings (SSSR count). The van der Waals surface area contributed by atoms with E-state index in [2.05, 4.69) is 19.7 Å². The molecular weight excluding hydrogens is 305 g/mol. The fourth-order valence-electron chi connectivity index (χ4n) is 0.968. The lowest BCUT2D eigenvalue weighted by Gasteiger charge is -2.19. The van der Waals surface area contributed by atoms with Crippen LogP contribution in [-0.4, -0.2) is 39.8 Å². The zero-order valence-corrected chi connectivity index (χ0v) is 10.9. The van der Waals surface area contributed by atoms with E-state index in [0.29, 0.717) is 0 Å². The molecule has 0 fully saturated rings. The summed E-state index contributed by atoms with van der Waals surface area (Å²) in [5.41, 5.74) is 1.98. The fourth-order valence-corrected chi connectivity index (χ4v) is 0.968. The van der Waals surface area contributed by atoms with Crippen LogP contribution in [0.2, 0.25) is 0 Å². The van der Waals surface area contributed by atoms with Crippen LogP contribution in [0.3, 0.4) is 0 Å². The summed E-state index contributed by atoms with van der Waals surface area (Å²) in [6, 6.07) is -1.11. The van der Waals surface area contributed by atoms with Crippen molar-refractivity contribution in [3.63, 3.8) is 0 Å². The summed E-state index contributed by atoms with van der Waals surface area (Å²) in [6.07, 6.45) is -6.12. The largest absolute Gasteiger partial charge is 0.461 e. The maximum absolute atomic E-state index is 12.7. The van der Waals surface area contributed by atoms with E-state index >= 15 is 0 Å². The molecule has 1 aromatic rings. The smallest absolute Gasteiger partial charge is 0.456 e. The first kappa shape index (κ1) is 17.1.